The lowest BCUT2D eigenvalue weighted by Gasteiger charge is -2.36. The molecule has 0 aliphatic carbocycles. The molecule has 2 amide bonds. The van der Waals surface area contributed by atoms with Crippen molar-refractivity contribution in [2.24, 2.45) is 0 Å². The zero-order valence-electron chi connectivity index (χ0n) is 15.2. The third-order valence-corrected chi connectivity index (χ3v) is 6.28. The average Bonchev–Trinajstić information content (AvgIpc) is 2.71. The van der Waals surface area contributed by atoms with Crippen LogP contribution in [0.5, 0.6) is 0 Å². The van der Waals surface area contributed by atoms with Gasteiger partial charge in [0, 0.05) is 22.6 Å². The Morgan fingerprint density at radius 1 is 0.966 bits per heavy atom. The standard InChI is InChI=1S/C21H15F3N2OS2/c1-28-15-6-4-5-14(11-15)26-21(27)25(19-7-2-3-8-20(19)29-26)12-16-17(23)9-13(22)10-18(16)24/h2-11H,12H2,1H3. The summed E-state index contributed by atoms with van der Waals surface area (Å²) < 4.78 is 43.3. The van der Waals surface area contributed by atoms with Crippen molar-refractivity contribution in [3.8, 4) is 0 Å². The molecule has 8 heteroatoms. The Balaban J connectivity index is 1.77. The molecule has 0 unspecified atom stereocenters. The maximum atomic E-state index is 14.2. The molecule has 1 aliphatic rings. The Hall–Kier alpha value is -2.58. The highest BCUT2D eigenvalue weighted by Gasteiger charge is 2.33. The fraction of sp³-hybridized carbons (Fsp3) is 0.0952. The number of rotatable bonds is 4. The van der Waals surface area contributed by atoms with Gasteiger partial charge in [0.15, 0.2) is 0 Å². The third kappa shape index (κ3) is 3.82. The maximum absolute atomic E-state index is 14.2. The van der Waals surface area contributed by atoms with Crippen molar-refractivity contribution in [3.05, 3.63) is 83.7 Å². The van der Waals surface area contributed by atoms with Crippen LogP contribution in [0.2, 0.25) is 0 Å². The molecule has 0 saturated carbocycles. The summed E-state index contributed by atoms with van der Waals surface area (Å²) in [6, 6.07) is 15.4. The third-order valence-electron chi connectivity index (χ3n) is 4.46. The zero-order valence-corrected chi connectivity index (χ0v) is 16.9. The molecule has 0 radical (unpaired) electrons. The second-order valence-electron chi connectivity index (χ2n) is 6.27. The van der Waals surface area contributed by atoms with Crippen LogP contribution in [-0.4, -0.2) is 12.3 Å². The molecule has 4 rings (SSSR count). The molecule has 0 fully saturated rings. The summed E-state index contributed by atoms with van der Waals surface area (Å²) >= 11 is 2.79. The van der Waals surface area contributed by atoms with Gasteiger partial charge in [-0.25, -0.2) is 22.3 Å². The minimum absolute atomic E-state index is 0.354. The Kier molecular flexibility index (Phi) is 5.47. The van der Waals surface area contributed by atoms with E-state index in [1.807, 2.05) is 36.6 Å². The lowest BCUT2D eigenvalue weighted by molar-refractivity contribution is 0.254. The van der Waals surface area contributed by atoms with Gasteiger partial charge in [0.05, 0.1) is 22.8 Å². The largest absolute Gasteiger partial charge is 0.339 e. The smallest absolute Gasteiger partial charge is 0.287 e. The maximum Gasteiger partial charge on any atom is 0.339 e. The van der Waals surface area contributed by atoms with E-state index in [1.54, 1.807) is 30.0 Å². The summed E-state index contributed by atoms with van der Waals surface area (Å²) in [5.74, 6) is -3.05. The van der Waals surface area contributed by atoms with Gasteiger partial charge in [0.1, 0.15) is 17.5 Å². The molecule has 0 spiro atoms. The second-order valence-corrected chi connectivity index (χ2v) is 8.14. The molecular weight excluding hydrogens is 417 g/mol. The summed E-state index contributed by atoms with van der Waals surface area (Å²) in [5, 5.41) is 0. The van der Waals surface area contributed by atoms with Crippen LogP contribution < -0.4 is 9.21 Å². The van der Waals surface area contributed by atoms with Gasteiger partial charge in [0.2, 0.25) is 0 Å². The monoisotopic (exact) mass is 432 g/mol. The van der Waals surface area contributed by atoms with E-state index < -0.39 is 23.5 Å². The SMILES string of the molecule is CSc1cccc(N2Sc3ccccc3N(Cc3c(F)cc(F)cc3F)C2=O)c1. The number of amides is 2. The van der Waals surface area contributed by atoms with Gasteiger partial charge in [-0.05, 0) is 48.5 Å². The summed E-state index contributed by atoms with van der Waals surface area (Å²) in [7, 11) is 0. The van der Waals surface area contributed by atoms with Crippen molar-refractivity contribution >= 4 is 41.1 Å². The van der Waals surface area contributed by atoms with E-state index in [0.717, 1.165) is 9.79 Å². The fourth-order valence-corrected chi connectivity index (χ4v) is 4.50. The number of anilines is 2. The minimum Gasteiger partial charge on any atom is -0.287 e. The highest BCUT2D eigenvalue weighted by molar-refractivity contribution is 8.01. The molecule has 29 heavy (non-hydrogen) atoms. The number of hydrogen-bond donors (Lipinski definition) is 0. The number of nitrogens with zero attached hydrogens (tertiary/aromatic N) is 2. The number of halogens is 3. The van der Waals surface area contributed by atoms with Crippen LogP contribution in [0, 0.1) is 17.5 Å². The van der Waals surface area contributed by atoms with Crippen molar-refractivity contribution in [2.45, 2.75) is 16.3 Å². The van der Waals surface area contributed by atoms with E-state index in [0.29, 0.717) is 23.5 Å². The number of benzene rings is 3. The Morgan fingerprint density at radius 3 is 2.41 bits per heavy atom. The topological polar surface area (TPSA) is 23.6 Å². The van der Waals surface area contributed by atoms with Crippen molar-refractivity contribution in [1.29, 1.82) is 0 Å². The summed E-state index contributed by atoms with van der Waals surface area (Å²) in [6.45, 7) is -0.354. The first-order valence-corrected chi connectivity index (χ1v) is 10.6. The predicted molar refractivity (Wildman–Crippen MR) is 111 cm³/mol. The van der Waals surface area contributed by atoms with Crippen molar-refractivity contribution in [3.63, 3.8) is 0 Å². The van der Waals surface area contributed by atoms with E-state index in [2.05, 4.69) is 0 Å². The highest BCUT2D eigenvalue weighted by Crippen LogP contribution is 2.42. The number of carbonyl (C=O) groups is 1. The van der Waals surface area contributed by atoms with Crippen LogP contribution in [0.1, 0.15) is 5.56 Å². The Morgan fingerprint density at radius 2 is 1.69 bits per heavy atom. The zero-order chi connectivity index (χ0) is 20.5. The summed E-state index contributed by atoms with van der Waals surface area (Å²) in [6.07, 6.45) is 1.94. The molecule has 3 nitrogen and oxygen atoms in total. The molecule has 0 atom stereocenters. The van der Waals surface area contributed by atoms with Gasteiger partial charge >= 0.3 is 6.03 Å². The van der Waals surface area contributed by atoms with E-state index in [4.69, 9.17) is 0 Å². The second kappa shape index (κ2) is 8.04. The lowest BCUT2D eigenvalue weighted by Crippen LogP contribution is -2.43. The van der Waals surface area contributed by atoms with Crippen LogP contribution >= 0.6 is 23.7 Å². The molecule has 0 N–H and O–H groups in total. The quantitative estimate of drug-likeness (QED) is 0.348. The average molecular weight is 432 g/mol. The van der Waals surface area contributed by atoms with Crippen LogP contribution in [0.4, 0.5) is 29.3 Å². The normalized spacial score (nSPS) is 13.6. The van der Waals surface area contributed by atoms with Gasteiger partial charge in [-0.2, -0.15) is 0 Å². The number of urea groups is 1. The summed E-state index contributed by atoms with van der Waals surface area (Å²) in [5.41, 5.74) is 0.841. The first kappa shape index (κ1) is 19.7. The number of thioether (sulfide) groups is 1. The van der Waals surface area contributed by atoms with Gasteiger partial charge < -0.3 is 0 Å². The number of fused-ring (bicyclic) bond motifs is 1. The Labute approximate surface area is 174 Å². The first-order valence-electron chi connectivity index (χ1n) is 8.64. The van der Waals surface area contributed by atoms with Crippen molar-refractivity contribution < 1.29 is 18.0 Å². The fourth-order valence-electron chi connectivity index (χ4n) is 3.04. The number of carbonyl (C=O) groups excluding carboxylic acids is 1. The molecule has 3 aromatic rings. The lowest BCUT2D eigenvalue weighted by atomic mass is 10.1. The summed E-state index contributed by atoms with van der Waals surface area (Å²) in [4.78, 5) is 16.3. The minimum atomic E-state index is -1.03. The molecule has 3 aromatic carbocycles. The first-order chi connectivity index (χ1) is 14.0. The molecule has 0 bridgehead atoms. The van der Waals surface area contributed by atoms with E-state index in [9.17, 15) is 18.0 Å². The van der Waals surface area contributed by atoms with E-state index in [1.165, 1.54) is 21.2 Å². The van der Waals surface area contributed by atoms with Crippen LogP contribution in [0.25, 0.3) is 0 Å². The van der Waals surface area contributed by atoms with E-state index in [-0.39, 0.29) is 12.1 Å². The van der Waals surface area contributed by atoms with Crippen molar-refractivity contribution in [2.75, 3.05) is 15.5 Å². The number of hydrogen-bond acceptors (Lipinski definition) is 3. The molecular formula is C21H15F3N2OS2. The predicted octanol–water partition coefficient (Wildman–Crippen LogP) is 6.48. The van der Waals surface area contributed by atoms with Crippen molar-refractivity contribution in [1.82, 2.24) is 0 Å². The van der Waals surface area contributed by atoms with Crippen LogP contribution in [0.3, 0.4) is 0 Å². The van der Waals surface area contributed by atoms with Crippen LogP contribution in [-0.2, 0) is 6.54 Å². The molecule has 0 aromatic heterocycles. The van der Waals surface area contributed by atoms with Gasteiger partial charge in [-0.3, -0.25) is 4.90 Å². The molecule has 148 valence electrons. The van der Waals surface area contributed by atoms with E-state index >= 15 is 0 Å². The van der Waals surface area contributed by atoms with Gasteiger partial charge in [-0.15, -0.1) is 11.8 Å². The molecule has 0 saturated heterocycles. The molecule has 1 heterocycles. The van der Waals surface area contributed by atoms with Gasteiger partial charge in [-0.1, -0.05) is 18.2 Å². The Bertz CT molecular complexity index is 1070. The van der Waals surface area contributed by atoms with Gasteiger partial charge in [0.25, 0.3) is 0 Å². The molecule has 1 aliphatic heterocycles. The highest BCUT2D eigenvalue weighted by atomic mass is 32.2. The van der Waals surface area contributed by atoms with Crippen LogP contribution in [0.15, 0.2) is 70.5 Å². The number of para-hydroxylation sites is 1.